The van der Waals surface area contributed by atoms with E-state index in [1.165, 1.54) is 0 Å². The van der Waals surface area contributed by atoms with Gasteiger partial charge in [-0.15, -0.1) is 0 Å². The van der Waals surface area contributed by atoms with Crippen molar-refractivity contribution in [3.05, 3.63) is 12.2 Å². The number of nitrogens with one attached hydrogen (secondary N) is 2. The van der Waals surface area contributed by atoms with Crippen LogP contribution in [0.1, 0.15) is 19.8 Å². The predicted molar refractivity (Wildman–Crippen MR) is 49.0 cm³/mol. The molecule has 1 saturated heterocycles. The average molecular weight is 182 g/mol. The number of imide groups is 1. The van der Waals surface area contributed by atoms with Gasteiger partial charge in [-0.05, 0) is 19.9 Å². The van der Waals surface area contributed by atoms with Crippen LogP contribution in [0.4, 0.5) is 0 Å². The summed E-state index contributed by atoms with van der Waals surface area (Å²) in [6.45, 7) is 2.68. The lowest BCUT2D eigenvalue weighted by Gasteiger charge is -2.06. The molecule has 0 spiro atoms. The molecule has 1 heterocycles. The van der Waals surface area contributed by atoms with Gasteiger partial charge in [0, 0.05) is 0 Å². The molecule has 4 heteroatoms. The largest absolute Gasteiger partial charge is 0.305 e. The highest BCUT2D eigenvalue weighted by Crippen LogP contribution is 2.00. The summed E-state index contributed by atoms with van der Waals surface area (Å²) in [5.74, 6) is -0.390. The van der Waals surface area contributed by atoms with Crippen LogP contribution in [-0.4, -0.2) is 24.4 Å². The molecule has 2 amide bonds. The summed E-state index contributed by atoms with van der Waals surface area (Å²) in [5, 5.41) is 5.26. The van der Waals surface area contributed by atoms with Gasteiger partial charge < -0.3 is 5.32 Å². The number of rotatable bonds is 4. The Morgan fingerprint density at radius 1 is 1.62 bits per heavy atom. The van der Waals surface area contributed by atoms with Crippen molar-refractivity contribution >= 4 is 11.8 Å². The predicted octanol–water partition coefficient (Wildman–Crippen LogP) is -0.0427. The second kappa shape index (κ2) is 4.77. The second-order valence-corrected chi connectivity index (χ2v) is 2.98. The van der Waals surface area contributed by atoms with Crippen LogP contribution >= 0.6 is 0 Å². The summed E-state index contributed by atoms with van der Waals surface area (Å²) >= 11 is 0. The summed E-state index contributed by atoms with van der Waals surface area (Å²) in [5.41, 5.74) is 0. The molecule has 1 aliphatic rings. The molecule has 72 valence electrons. The zero-order valence-corrected chi connectivity index (χ0v) is 7.67. The quantitative estimate of drug-likeness (QED) is 0.364. The molecule has 1 unspecified atom stereocenters. The third-order valence-corrected chi connectivity index (χ3v) is 1.91. The number of carbonyl (C=O) groups excluding carboxylic acids is 2. The third-order valence-electron chi connectivity index (χ3n) is 1.91. The molecule has 1 atom stereocenters. The maximum absolute atomic E-state index is 11.0. The fourth-order valence-corrected chi connectivity index (χ4v) is 1.23. The maximum Gasteiger partial charge on any atom is 0.244 e. The number of allylic oxidation sites excluding steroid dienone is 1. The molecule has 2 N–H and O–H groups in total. The van der Waals surface area contributed by atoms with Gasteiger partial charge in [-0.1, -0.05) is 12.2 Å². The van der Waals surface area contributed by atoms with Gasteiger partial charge in [0.1, 0.15) is 0 Å². The van der Waals surface area contributed by atoms with Gasteiger partial charge in [-0.3, -0.25) is 14.9 Å². The first-order valence-corrected chi connectivity index (χ1v) is 4.42. The topological polar surface area (TPSA) is 58.2 Å². The van der Waals surface area contributed by atoms with Crippen molar-refractivity contribution in [2.75, 3.05) is 6.54 Å². The zero-order chi connectivity index (χ0) is 9.68. The van der Waals surface area contributed by atoms with E-state index in [1.54, 1.807) is 0 Å². The van der Waals surface area contributed by atoms with Crippen molar-refractivity contribution < 1.29 is 9.59 Å². The van der Waals surface area contributed by atoms with Gasteiger partial charge in [0.25, 0.3) is 0 Å². The van der Waals surface area contributed by atoms with Gasteiger partial charge in [-0.2, -0.15) is 0 Å². The monoisotopic (exact) mass is 182 g/mol. The molecule has 0 aromatic heterocycles. The minimum atomic E-state index is -0.322. The summed E-state index contributed by atoms with van der Waals surface area (Å²) in [4.78, 5) is 21.8. The highest BCUT2D eigenvalue weighted by molar-refractivity contribution is 6.05. The van der Waals surface area contributed by atoms with E-state index in [2.05, 4.69) is 10.6 Å². The number of carbonyl (C=O) groups is 2. The molecule has 1 fully saturated rings. The van der Waals surface area contributed by atoms with E-state index in [4.69, 9.17) is 0 Å². The van der Waals surface area contributed by atoms with Gasteiger partial charge >= 0.3 is 0 Å². The van der Waals surface area contributed by atoms with Crippen LogP contribution in [0.5, 0.6) is 0 Å². The lowest BCUT2D eigenvalue weighted by atomic mass is 10.2. The highest BCUT2D eigenvalue weighted by Gasteiger charge is 2.29. The highest BCUT2D eigenvalue weighted by atomic mass is 16.2. The van der Waals surface area contributed by atoms with Crippen LogP contribution in [0.3, 0.4) is 0 Å². The minimum Gasteiger partial charge on any atom is -0.305 e. The molecule has 1 rings (SSSR count). The SMILES string of the molecule is C/C=C/CCNC1CC(=O)NC1=O. The molecular weight excluding hydrogens is 168 g/mol. The molecule has 0 aromatic carbocycles. The van der Waals surface area contributed by atoms with Crippen LogP contribution in [0.15, 0.2) is 12.2 Å². The molecule has 0 bridgehead atoms. The first kappa shape index (κ1) is 9.92. The van der Waals surface area contributed by atoms with Gasteiger partial charge in [0.2, 0.25) is 11.8 Å². The Balaban J connectivity index is 2.22. The maximum atomic E-state index is 11.0. The van der Waals surface area contributed by atoms with Gasteiger partial charge in [0.15, 0.2) is 0 Å². The Kier molecular flexibility index (Phi) is 3.64. The lowest BCUT2D eigenvalue weighted by Crippen LogP contribution is -2.36. The van der Waals surface area contributed by atoms with Crippen molar-refractivity contribution in [2.45, 2.75) is 25.8 Å². The Labute approximate surface area is 77.4 Å². The molecule has 0 aliphatic carbocycles. The Bertz CT molecular complexity index is 236. The Morgan fingerprint density at radius 2 is 2.38 bits per heavy atom. The summed E-state index contributed by atoms with van der Waals surface area (Å²) in [6.07, 6.45) is 5.13. The normalized spacial score (nSPS) is 22.7. The lowest BCUT2D eigenvalue weighted by molar-refractivity contribution is -0.125. The van der Waals surface area contributed by atoms with E-state index in [-0.39, 0.29) is 24.3 Å². The Hall–Kier alpha value is -1.16. The Morgan fingerprint density at radius 3 is 2.92 bits per heavy atom. The zero-order valence-electron chi connectivity index (χ0n) is 7.67. The number of hydrogen-bond donors (Lipinski definition) is 2. The van der Waals surface area contributed by atoms with Gasteiger partial charge in [0.05, 0.1) is 12.5 Å². The van der Waals surface area contributed by atoms with Crippen LogP contribution < -0.4 is 10.6 Å². The smallest absolute Gasteiger partial charge is 0.244 e. The van der Waals surface area contributed by atoms with Crippen LogP contribution in [-0.2, 0) is 9.59 Å². The summed E-state index contributed by atoms with van der Waals surface area (Å²) < 4.78 is 0. The van der Waals surface area contributed by atoms with E-state index in [9.17, 15) is 9.59 Å². The minimum absolute atomic E-state index is 0.187. The van der Waals surface area contributed by atoms with E-state index in [1.807, 2.05) is 19.1 Å². The number of amides is 2. The third kappa shape index (κ3) is 2.99. The van der Waals surface area contributed by atoms with Crippen molar-refractivity contribution in [2.24, 2.45) is 0 Å². The first-order chi connectivity index (χ1) is 6.24. The first-order valence-electron chi connectivity index (χ1n) is 4.42. The second-order valence-electron chi connectivity index (χ2n) is 2.98. The molecule has 4 nitrogen and oxygen atoms in total. The standard InChI is InChI=1S/C9H14N2O2/c1-2-3-4-5-10-7-6-8(12)11-9(7)13/h2-3,7,10H,4-6H2,1H3,(H,11,12,13)/b3-2+. The average Bonchev–Trinajstić information content (AvgIpc) is 2.39. The molecule has 0 saturated carbocycles. The summed E-state index contributed by atoms with van der Waals surface area (Å²) in [6, 6.07) is -0.322. The van der Waals surface area contributed by atoms with Gasteiger partial charge in [-0.25, -0.2) is 0 Å². The van der Waals surface area contributed by atoms with Crippen molar-refractivity contribution in [1.82, 2.24) is 10.6 Å². The van der Waals surface area contributed by atoms with E-state index in [0.29, 0.717) is 0 Å². The van der Waals surface area contributed by atoms with Crippen LogP contribution in [0.25, 0.3) is 0 Å². The van der Waals surface area contributed by atoms with Crippen molar-refractivity contribution in [1.29, 1.82) is 0 Å². The molecular formula is C9H14N2O2. The molecule has 0 radical (unpaired) electrons. The fraction of sp³-hybridized carbons (Fsp3) is 0.556. The fourth-order valence-electron chi connectivity index (χ4n) is 1.23. The van der Waals surface area contributed by atoms with E-state index >= 15 is 0 Å². The van der Waals surface area contributed by atoms with Crippen molar-refractivity contribution in [3.63, 3.8) is 0 Å². The molecule has 1 aliphatic heterocycles. The molecule has 13 heavy (non-hydrogen) atoms. The summed E-state index contributed by atoms with van der Waals surface area (Å²) in [7, 11) is 0. The van der Waals surface area contributed by atoms with Crippen molar-refractivity contribution in [3.8, 4) is 0 Å². The van der Waals surface area contributed by atoms with Crippen LogP contribution in [0, 0.1) is 0 Å². The van der Waals surface area contributed by atoms with E-state index in [0.717, 1.165) is 13.0 Å². The number of hydrogen-bond acceptors (Lipinski definition) is 3. The van der Waals surface area contributed by atoms with Crippen LogP contribution in [0.2, 0.25) is 0 Å². The van der Waals surface area contributed by atoms with E-state index < -0.39 is 0 Å². The molecule has 0 aromatic rings.